The molecule has 2 aromatic rings. The summed E-state index contributed by atoms with van der Waals surface area (Å²) in [6, 6.07) is 15.2. The molecule has 2 N–H and O–H groups in total. The van der Waals surface area contributed by atoms with Crippen LogP contribution in [0.2, 0.25) is 0 Å². The smallest absolute Gasteiger partial charge is 0.335 e. The van der Waals surface area contributed by atoms with E-state index in [1.54, 1.807) is 12.1 Å². The highest BCUT2D eigenvalue weighted by Crippen LogP contribution is 2.21. The maximum atomic E-state index is 11.4. The first kappa shape index (κ1) is 23.3. The number of benzene rings is 2. The minimum atomic E-state index is -0.880. The summed E-state index contributed by atoms with van der Waals surface area (Å²) >= 11 is 0. The van der Waals surface area contributed by atoms with Gasteiger partial charge in [0.1, 0.15) is 5.75 Å². The van der Waals surface area contributed by atoms with Gasteiger partial charge in [0.05, 0.1) is 18.8 Å². The third-order valence-corrected chi connectivity index (χ3v) is 5.89. The molecule has 0 radical (unpaired) electrons. The van der Waals surface area contributed by atoms with E-state index in [4.69, 9.17) is 9.84 Å². The van der Waals surface area contributed by atoms with Crippen LogP contribution < -0.4 is 4.74 Å². The molecule has 0 atom stereocenters. The Kier molecular flexibility index (Phi) is 9.34. The van der Waals surface area contributed by atoms with Gasteiger partial charge in [-0.05, 0) is 55.5 Å². The van der Waals surface area contributed by atoms with E-state index in [1.165, 1.54) is 0 Å². The first-order valence-corrected chi connectivity index (χ1v) is 11.2. The number of aryl methyl sites for hydroxylation is 2. The molecule has 0 saturated carbocycles. The van der Waals surface area contributed by atoms with Gasteiger partial charge in [-0.3, -0.25) is 4.90 Å². The molecular weight excluding hydrogens is 392 g/mol. The van der Waals surface area contributed by atoms with Crippen molar-refractivity contribution in [2.24, 2.45) is 0 Å². The number of carbonyl (C=O) groups is 1. The van der Waals surface area contributed by atoms with Crippen molar-refractivity contribution >= 4 is 5.97 Å². The van der Waals surface area contributed by atoms with Crippen molar-refractivity contribution in [1.82, 2.24) is 9.80 Å². The predicted molar refractivity (Wildman–Crippen MR) is 122 cm³/mol. The number of carboxylic acid groups (broad SMARTS) is 1. The number of β-amino-alcohol motifs (C(OH)–C–C–N with tert-alkyl or cyclic N) is 1. The molecule has 1 fully saturated rings. The molecule has 0 bridgehead atoms. The predicted octanol–water partition coefficient (Wildman–Crippen LogP) is 2.94. The van der Waals surface area contributed by atoms with Crippen LogP contribution in [0.5, 0.6) is 5.75 Å². The van der Waals surface area contributed by atoms with Crippen LogP contribution in [-0.4, -0.2) is 78.5 Å². The zero-order chi connectivity index (χ0) is 21.9. The van der Waals surface area contributed by atoms with Gasteiger partial charge in [-0.1, -0.05) is 36.4 Å². The van der Waals surface area contributed by atoms with Crippen molar-refractivity contribution in [3.05, 3.63) is 65.2 Å². The molecule has 0 unspecified atom stereocenters. The Morgan fingerprint density at radius 3 is 2.16 bits per heavy atom. The Morgan fingerprint density at radius 1 is 0.839 bits per heavy atom. The topological polar surface area (TPSA) is 73.2 Å². The van der Waals surface area contributed by atoms with Crippen LogP contribution in [-0.2, 0) is 12.8 Å². The molecule has 31 heavy (non-hydrogen) atoms. The first-order valence-electron chi connectivity index (χ1n) is 11.2. The van der Waals surface area contributed by atoms with Crippen molar-refractivity contribution < 1.29 is 19.7 Å². The molecule has 2 aromatic carbocycles. The van der Waals surface area contributed by atoms with Crippen LogP contribution >= 0.6 is 0 Å². The fourth-order valence-corrected chi connectivity index (χ4v) is 4.06. The van der Waals surface area contributed by atoms with E-state index in [0.29, 0.717) is 18.6 Å². The minimum Gasteiger partial charge on any atom is -0.493 e. The number of para-hydroxylation sites is 1. The molecule has 0 amide bonds. The van der Waals surface area contributed by atoms with E-state index < -0.39 is 5.97 Å². The van der Waals surface area contributed by atoms with Crippen molar-refractivity contribution in [1.29, 1.82) is 0 Å². The zero-order valence-electron chi connectivity index (χ0n) is 18.2. The van der Waals surface area contributed by atoms with Gasteiger partial charge in [0.25, 0.3) is 0 Å². The van der Waals surface area contributed by atoms with Gasteiger partial charge in [0.2, 0.25) is 0 Å². The number of nitrogens with zero attached hydrogens (tertiary/aromatic N) is 2. The fraction of sp³-hybridized carbons (Fsp3) is 0.480. The SMILES string of the molecule is O=C(O)c1ccccc1CCc1ccccc1OCCCCN1CCN(CCO)CC1. The van der Waals surface area contributed by atoms with Crippen molar-refractivity contribution in [2.75, 3.05) is 52.5 Å². The lowest BCUT2D eigenvalue weighted by molar-refractivity contribution is 0.0695. The first-order chi connectivity index (χ1) is 15.2. The van der Waals surface area contributed by atoms with Gasteiger partial charge in [0.15, 0.2) is 0 Å². The summed E-state index contributed by atoms with van der Waals surface area (Å²) in [6.07, 6.45) is 3.53. The molecular formula is C25H34N2O4. The molecule has 0 aliphatic carbocycles. The van der Waals surface area contributed by atoms with Crippen LogP contribution in [0.3, 0.4) is 0 Å². The van der Waals surface area contributed by atoms with Crippen LogP contribution in [0.15, 0.2) is 48.5 Å². The standard InChI is InChI=1S/C25H34N2O4/c28-19-18-27-16-14-26(15-17-27)13-5-6-20-31-24-10-4-2-8-22(24)12-11-21-7-1-3-9-23(21)25(29)30/h1-4,7-10,28H,5-6,11-20H2,(H,29,30). The number of ether oxygens (including phenoxy) is 1. The van der Waals surface area contributed by atoms with Crippen LogP contribution in [0.1, 0.15) is 34.3 Å². The van der Waals surface area contributed by atoms with Crippen molar-refractivity contribution in [3.63, 3.8) is 0 Å². The number of piperazine rings is 1. The summed E-state index contributed by atoms with van der Waals surface area (Å²) in [5.74, 6) is 0.0165. The van der Waals surface area contributed by atoms with Crippen LogP contribution in [0, 0.1) is 0 Å². The number of aliphatic hydroxyl groups excluding tert-OH is 1. The van der Waals surface area contributed by atoms with E-state index in [1.807, 2.05) is 30.3 Å². The molecule has 1 aliphatic heterocycles. The summed E-state index contributed by atoms with van der Waals surface area (Å²) in [5, 5.41) is 18.4. The lowest BCUT2D eigenvalue weighted by Gasteiger charge is -2.34. The summed E-state index contributed by atoms with van der Waals surface area (Å²) in [6.45, 7) is 7.01. The molecule has 1 heterocycles. The number of carboxylic acids is 1. The highest BCUT2D eigenvalue weighted by molar-refractivity contribution is 5.89. The number of hydrogen-bond donors (Lipinski definition) is 2. The van der Waals surface area contributed by atoms with Gasteiger partial charge in [-0.25, -0.2) is 4.79 Å². The van der Waals surface area contributed by atoms with Gasteiger partial charge in [-0.15, -0.1) is 0 Å². The monoisotopic (exact) mass is 426 g/mol. The number of unbranched alkanes of at least 4 members (excludes halogenated alkanes) is 1. The van der Waals surface area contributed by atoms with Gasteiger partial charge < -0.3 is 19.8 Å². The minimum absolute atomic E-state index is 0.241. The highest BCUT2D eigenvalue weighted by Gasteiger charge is 2.15. The Morgan fingerprint density at radius 2 is 1.45 bits per heavy atom. The number of hydrogen-bond acceptors (Lipinski definition) is 5. The Bertz CT molecular complexity index is 819. The molecule has 6 heteroatoms. The molecule has 1 saturated heterocycles. The quantitative estimate of drug-likeness (QED) is 0.509. The Balaban J connectivity index is 1.40. The Hall–Kier alpha value is -2.41. The second-order valence-electron chi connectivity index (χ2n) is 8.03. The zero-order valence-corrected chi connectivity index (χ0v) is 18.2. The molecule has 168 valence electrons. The lowest BCUT2D eigenvalue weighted by Crippen LogP contribution is -2.47. The molecule has 0 spiro atoms. The Labute approximate surface area is 185 Å². The summed E-state index contributed by atoms with van der Waals surface area (Å²) in [5.41, 5.74) is 2.34. The number of rotatable bonds is 12. The molecule has 6 nitrogen and oxygen atoms in total. The third-order valence-electron chi connectivity index (χ3n) is 5.89. The maximum absolute atomic E-state index is 11.4. The highest BCUT2D eigenvalue weighted by atomic mass is 16.5. The fourth-order valence-electron chi connectivity index (χ4n) is 4.06. The van der Waals surface area contributed by atoms with Crippen molar-refractivity contribution in [2.45, 2.75) is 25.7 Å². The van der Waals surface area contributed by atoms with E-state index in [9.17, 15) is 9.90 Å². The van der Waals surface area contributed by atoms with Crippen LogP contribution in [0.25, 0.3) is 0 Å². The van der Waals surface area contributed by atoms with E-state index in [0.717, 1.165) is 75.4 Å². The van der Waals surface area contributed by atoms with Gasteiger partial charge in [-0.2, -0.15) is 0 Å². The molecule has 3 rings (SSSR count). The van der Waals surface area contributed by atoms with Gasteiger partial charge >= 0.3 is 5.97 Å². The largest absolute Gasteiger partial charge is 0.493 e. The third kappa shape index (κ3) is 7.35. The lowest BCUT2D eigenvalue weighted by atomic mass is 9.99. The summed E-state index contributed by atoms with van der Waals surface area (Å²) < 4.78 is 6.07. The average molecular weight is 427 g/mol. The van der Waals surface area contributed by atoms with Crippen molar-refractivity contribution in [3.8, 4) is 5.75 Å². The second kappa shape index (κ2) is 12.4. The van der Waals surface area contributed by atoms with E-state index in [-0.39, 0.29) is 6.61 Å². The van der Waals surface area contributed by atoms with E-state index >= 15 is 0 Å². The normalized spacial score (nSPS) is 15.1. The molecule has 0 aromatic heterocycles. The number of aromatic carboxylic acids is 1. The van der Waals surface area contributed by atoms with E-state index in [2.05, 4.69) is 15.9 Å². The second-order valence-corrected chi connectivity index (χ2v) is 8.03. The summed E-state index contributed by atoms with van der Waals surface area (Å²) in [4.78, 5) is 16.2. The average Bonchev–Trinajstić information content (AvgIpc) is 2.79. The maximum Gasteiger partial charge on any atom is 0.335 e. The number of aliphatic hydroxyl groups is 1. The van der Waals surface area contributed by atoms with Crippen LogP contribution in [0.4, 0.5) is 0 Å². The van der Waals surface area contributed by atoms with Gasteiger partial charge in [0, 0.05) is 32.7 Å². The summed E-state index contributed by atoms with van der Waals surface area (Å²) in [7, 11) is 0. The molecule has 1 aliphatic rings.